The molecule has 2 aliphatic heterocycles. The lowest BCUT2D eigenvalue weighted by atomic mass is 9.65. The Morgan fingerprint density at radius 1 is 0.611 bits per heavy atom. The molecule has 2 aliphatic carbocycles. The first-order chi connectivity index (χ1) is 34.3. The predicted octanol–water partition coefficient (Wildman–Crippen LogP) is 10.7. The standard InChI is InChI=1S/C33H37NO6.C26H33NO5/c1-22(2)12-11-13-23(3)18-30-33(21-31(37)40-30)20-28(39-24(4)35)27(19-29(33)36)34(26-16-9-6-10-17-26)32(38)25-14-7-5-8-15-25;1-17(2)9-8-10-18(3)13-24-26(16-25(30)32-24)15-22(31-19(4)28)21(14-23(26)29)27-20-11-6-5-7-12-20/h5-10,12,14-18,27-28,30H,11,13,19-21H2,1-4H3;5-7,9,11-13,21-22,24,27H,8,10,14-16H2,1-4H3/b23-18+;18-13+/t27-,28-,30+,33?;21-,22-,24+,26?/m00/s1. The summed E-state index contributed by atoms with van der Waals surface area (Å²) in [4.78, 5) is 92.0. The molecule has 3 aromatic rings. The van der Waals surface area contributed by atoms with Gasteiger partial charge in [0.25, 0.3) is 5.91 Å². The third kappa shape index (κ3) is 13.7. The molecule has 2 saturated carbocycles. The fourth-order valence-corrected chi connectivity index (χ4v) is 10.3. The molecule has 2 saturated heterocycles. The van der Waals surface area contributed by atoms with Crippen molar-refractivity contribution in [3.63, 3.8) is 0 Å². The average Bonchev–Trinajstić information content (AvgIpc) is 3.80. The number of hydrogen-bond acceptors (Lipinski definition) is 12. The molecule has 72 heavy (non-hydrogen) atoms. The molecule has 13 nitrogen and oxygen atoms in total. The summed E-state index contributed by atoms with van der Waals surface area (Å²) in [5.41, 5.74) is 4.30. The highest BCUT2D eigenvalue weighted by molar-refractivity contribution is 6.07. The Morgan fingerprint density at radius 2 is 1.06 bits per heavy atom. The zero-order valence-electron chi connectivity index (χ0n) is 42.9. The second kappa shape index (κ2) is 24.5. The van der Waals surface area contributed by atoms with E-state index in [4.69, 9.17) is 18.9 Å². The summed E-state index contributed by atoms with van der Waals surface area (Å²) in [5, 5.41) is 3.33. The summed E-state index contributed by atoms with van der Waals surface area (Å²) >= 11 is 0. The Bertz CT molecular complexity index is 2580. The molecule has 1 amide bonds. The van der Waals surface area contributed by atoms with Crippen LogP contribution < -0.4 is 10.2 Å². The van der Waals surface area contributed by atoms with Crippen molar-refractivity contribution in [1.29, 1.82) is 0 Å². The van der Waals surface area contributed by atoms with E-state index in [-0.39, 0.29) is 68.0 Å². The summed E-state index contributed by atoms with van der Waals surface area (Å²) in [6, 6.07) is 26.3. The van der Waals surface area contributed by atoms with Gasteiger partial charge in [0.1, 0.15) is 36.0 Å². The van der Waals surface area contributed by atoms with Crippen LogP contribution in [0.5, 0.6) is 0 Å². The molecule has 1 N–H and O–H groups in total. The molecule has 0 bridgehead atoms. The molecule has 382 valence electrons. The number of ketones is 2. The topological polar surface area (TPSA) is 172 Å². The van der Waals surface area contributed by atoms with Crippen molar-refractivity contribution in [2.24, 2.45) is 10.8 Å². The third-order valence-corrected chi connectivity index (χ3v) is 13.9. The maximum atomic E-state index is 14.0. The number of ether oxygens (including phenoxy) is 4. The van der Waals surface area contributed by atoms with E-state index in [0.29, 0.717) is 11.3 Å². The predicted molar refractivity (Wildman–Crippen MR) is 276 cm³/mol. The lowest BCUT2D eigenvalue weighted by molar-refractivity contribution is -0.157. The first-order valence-corrected chi connectivity index (χ1v) is 25.0. The quantitative estimate of drug-likeness (QED) is 0.0869. The highest BCUT2D eigenvalue weighted by Crippen LogP contribution is 2.50. The van der Waals surface area contributed by atoms with Gasteiger partial charge in [-0.15, -0.1) is 0 Å². The molecule has 7 rings (SSSR count). The number of benzene rings is 3. The highest BCUT2D eigenvalue weighted by atomic mass is 16.6. The summed E-state index contributed by atoms with van der Waals surface area (Å²) in [6.07, 6.45) is 9.02. The van der Waals surface area contributed by atoms with Crippen LogP contribution in [0.25, 0.3) is 0 Å². The van der Waals surface area contributed by atoms with E-state index in [2.05, 4.69) is 31.3 Å². The van der Waals surface area contributed by atoms with Gasteiger partial charge in [-0.25, -0.2) is 0 Å². The molecule has 2 heterocycles. The van der Waals surface area contributed by atoms with E-state index in [1.807, 2.05) is 94.4 Å². The van der Waals surface area contributed by atoms with Crippen LogP contribution in [0, 0.1) is 10.8 Å². The van der Waals surface area contributed by atoms with E-state index >= 15 is 0 Å². The Balaban J connectivity index is 0.000000241. The Morgan fingerprint density at radius 3 is 1.54 bits per heavy atom. The number of Topliss-reactive ketones (excluding diaryl/α,β-unsaturated/α-hetero) is 2. The van der Waals surface area contributed by atoms with Gasteiger partial charge in [-0.1, -0.05) is 89.0 Å². The van der Waals surface area contributed by atoms with Gasteiger partial charge in [-0.2, -0.15) is 0 Å². The lowest BCUT2D eigenvalue weighted by Crippen LogP contribution is -2.58. The zero-order chi connectivity index (χ0) is 52.2. The van der Waals surface area contributed by atoms with Crippen LogP contribution in [0.2, 0.25) is 0 Å². The molecule has 4 fully saturated rings. The number of esters is 4. The average molecular weight is 983 g/mol. The number of nitrogens with zero attached hydrogens (tertiary/aromatic N) is 1. The molecule has 3 aromatic carbocycles. The largest absolute Gasteiger partial charge is 0.460 e. The summed E-state index contributed by atoms with van der Waals surface area (Å²) in [7, 11) is 0. The number of carbonyl (C=O) groups is 7. The van der Waals surface area contributed by atoms with Crippen LogP contribution in [0.1, 0.15) is 130 Å². The number of hydrogen-bond donors (Lipinski definition) is 1. The second-order valence-corrected chi connectivity index (χ2v) is 20.2. The molecule has 8 atom stereocenters. The number of cyclic esters (lactones) is 2. The molecule has 2 spiro atoms. The van der Waals surface area contributed by atoms with Crippen molar-refractivity contribution >= 4 is 52.7 Å². The van der Waals surface area contributed by atoms with Gasteiger partial charge in [0, 0.05) is 56.5 Å². The maximum Gasteiger partial charge on any atom is 0.307 e. The highest BCUT2D eigenvalue weighted by Gasteiger charge is 2.61. The Kier molecular flexibility index (Phi) is 18.5. The van der Waals surface area contributed by atoms with Gasteiger partial charge in [0.2, 0.25) is 0 Å². The van der Waals surface area contributed by atoms with Crippen LogP contribution in [0.15, 0.2) is 138 Å². The van der Waals surface area contributed by atoms with Crippen LogP contribution in [-0.2, 0) is 47.7 Å². The second-order valence-electron chi connectivity index (χ2n) is 20.2. The molecule has 4 aliphatic rings. The summed E-state index contributed by atoms with van der Waals surface area (Å²) in [5.74, 6) is -2.27. The van der Waals surface area contributed by atoms with Crippen molar-refractivity contribution in [3.8, 4) is 0 Å². The number of nitrogens with one attached hydrogen (secondary N) is 1. The first kappa shape index (κ1) is 54.4. The zero-order valence-corrected chi connectivity index (χ0v) is 42.9. The van der Waals surface area contributed by atoms with Crippen molar-refractivity contribution in [1.82, 2.24) is 0 Å². The number of para-hydroxylation sites is 2. The molecule has 13 heteroatoms. The van der Waals surface area contributed by atoms with Crippen LogP contribution >= 0.6 is 0 Å². The van der Waals surface area contributed by atoms with Crippen molar-refractivity contribution < 1.29 is 52.5 Å². The van der Waals surface area contributed by atoms with Gasteiger partial charge < -0.3 is 29.2 Å². The van der Waals surface area contributed by atoms with Gasteiger partial charge in [0.15, 0.2) is 0 Å². The van der Waals surface area contributed by atoms with Crippen molar-refractivity contribution in [3.05, 3.63) is 143 Å². The fourth-order valence-electron chi connectivity index (χ4n) is 10.3. The monoisotopic (exact) mass is 982 g/mol. The number of rotatable bonds is 15. The Hall–Kier alpha value is -6.89. The smallest absolute Gasteiger partial charge is 0.307 e. The normalized spacial score (nSPS) is 25.9. The minimum Gasteiger partial charge on any atom is -0.460 e. The first-order valence-electron chi connectivity index (χ1n) is 25.0. The van der Waals surface area contributed by atoms with E-state index in [9.17, 15) is 33.6 Å². The number of carbonyl (C=O) groups excluding carboxylic acids is 7. The van der Waals surface area contributed by atoms with Gasteiger partial charge in [-0.05, 0) is 116 Å². The van der Waals surface area contributed by atoms with Crippen LogP contribution in [-0.4, -0.2) is 77.9 Å². The maximum absolute atomic E-state index is 14.0. The number of anilines is 2. The summed E-state index contributed by atoms with van der Waals surface area (Å²) in [6.45, 7) is 14.8. The summed E-state index contributed by atoms with van der Waals surface area (Å²) < 4.78 is 22.8. The minimum absolute atomic E-state index is 0.0179. The van der Waals surface area contributed by atoms with Crippen molar-refractivity contribution in [2.45, 2.75) is 156 Å². The number of allylic oxidation sites excluding steroid dienone is 6. The van der Waals surface area contributed by atoms with E-state index in [1.54, 1.807) is 41.3 Å². The van der Waals surface area contributed by atoms with E-state index < -0.39 is 59.2 Å². The van der Waals surface area contributed by atoms with Gasteiger partial charge >= 0.3 is 23.9 Å². The SMILES string of the molecule is CC(=O)O[C@H]1CC2(CC(=O)O[C@@H]2/C=C(\C)CCC=C(C)C)C(=O)C[C@@H]1N(C(=O)c1ccccc1)c1ccccc1.CC(=O)O[C@H]1CC2(CC(=O)O[C@@H]2/C=C(\C)CCC=C(C)C)C(=O)C[C@@H]1Nc1ccccc1. The lowest BCUT2D eigenvalue weighted by Gasteiger charge is -2.45. The van der Waals surface area contributed by atoms with Crippen LogP contribution in [0.3, 0.4) is 0 Å². The molecule has 0 aromatic heterocycles. The molecular formula is C59H70N2O11. The number of amides is 1. The molecule has 2 unspecified atom stereocenters. The minimum atomic E-state index is -1.16. The van der Waals surface area contributed by atoms with Gasteiger partial charge in [-0.3, -0.25) is 33.6 Å². The molecular weight excluding hydrogens is 913 g/mol. The molecule has 0 radical (unpaired) electrons. The fraction of sp³-hybridized carbons (Fsp3) is 0.441. The third-order valence-electron chi connectivity index (χ3n) is 13.9. The van der Waals surface area contributed by atoms with Gasteiger partial charge in [0.05, 0.1) is 35.8 Å². The van der Waals surface area contributed by atoms with E-state index in [0.717, 1.165) is 42.5 Å². The van der Waals surface area contributed by atoms with Crippen molar-refractivity contribution in [2.75, 3.05) is 10.2 Å². The van der Waals surface area contributed by atoms with Crippen LogP contribution in [0.4, 0.5) is 11.4 Å². The Labute approximate surface area is 424 Å². The van der Waals surface area contributed by atoms with E-state index in [1.165, 1.54) is 25.0 Å².